The first-order valence-electron chi connectivity index (χ1n) is 7.32. The Kier molecular flexibility index (Phi) is 4.24. The van der Waals surface area contributed by atoms with Gasteiger partial charge in [-0.2, -0.15) is 0 Å². The molecule has 1 aliphatic heterocycles. The van der Waals surface area contributed by atoms with Gasteiger partial charge < -0.3 is 10.6 Å². The zero-order valence-corrected chi connectivity index (χ0v) is 12.6. The fraction of sp³-hybridized carbons (Fsp3) is 0.118. The second-order valence-corrected chi connectivity index (χ2v) is 5.30. The Morgan fingerprint density at radius 3 is 2.67 bits per heavy atom. The van der Waals surface area contributed by atoms with E-state index in [4.69, 9.17) is 0 Å². The van der Waals surface area contributed by atoms with Crippen LogP contribution in [0.3, 0.4) is 0 Å². The third-order valence-corrected chi connectivity index (χ3v) is 3.61. The molecule has 0 unspecified atom stereocenters. The highest BCUT2D eigenvalue weighted by Crippen LogP contribution is 2.29. The van der Waals surface area contributed by atoms with Crippen LogP contribution in [0, 0.1) is 5.82 Å². The summed E-state index contributed by atoms with van der Waals surface area (Å²) in [5.74, 6) is -1.34. The number of rotatable bonds is 2. The van der Waals surface area contributed by atoms with Gasteiger partial charge in [0.1, 0.15) is 5.82 Å². The van der Waals surface area contributed by atoms with Crippen molar-refractivity contribution >= 4 is 29.2 Å². The molecule has 3 rings (SSSR count). The lowest BCUT2D eigenvalue weighted by Crippen LogP contribution is -2.35. The second kappa shape index (κ2) is 6.49. The lowest BCUT2D eigenvalue weighted by molar-refractivity contribution is -0.116. The second-order valence-electron chi connectivity index (χ2n) is 5.30. The van der Waals surface area contributed by atoms with E-state index in [1.165, 1.54) is 18.2 Å². The summed E-state index contributed by atoms with van der Waals surface area (Å²) in [5, 5.41) is 7.46. The Morgan fingerprint density at radius 2 is 1.88 bits per heavy atom. The maximum atomic E-state index is 13.1. The smallest absolute Gasteiger partial charge is 0.326 e. The van der Waals surface area contributed by atoms with Crippen LogP contribution in [-0.2, 0) is 11.2 Å². The summed E-state index contributed by atoms with van der Waals surface area (Å²) in [5.41, 5.74) is 2.00. The predicted octanol–water partition coefficient (Wildman–Crippen LogP) is 2.67. The van der Waals surface area contributed by atoms with Crippen LogP contribution in [0.2, 0.25) is 0 Å². The fourth-order valence-corrected chi connectivity index (χ4v) is 2.50. The van der Waals surface area contributed by atoms with Gasteiger partial charge in [0.2, 0.25) is 5.91 Å². The Bertz CT molecular complexity index is 836. The monoisotopic (exact) mass is 327 g/mol. The summed E-state index contributed by atoms with van der Waals surface area (Å²) in [6.07, 6.45) is 0.824. The molecule has 24 heavy (non-hydrogen) atoms. The van der Waals surface area contributed by atoms with Gasteiger partial charge in [-0.15, -0.1) is 0 Å². The molecule has 0 aromatic heterocycles. The van der Waals surface area contributed by atoms with Crippen LogP contribution in [-0.4, -0.2) is 17.8 Å². The molecule has 122 valence electrons. The van der Waals surface area contributed by atoms with E-state index in [-0.39, 0.29) is 11.5 Å². The van der Waals surface area contributed by atoms with Crippen molar-refractivity contribution in [3.63, 3.8) is 0 Å². The fourth-order valence-electron chi connectivity index (χ4n) is 2.50. The number of carbonyl (C=O) groups is 3. The predicted molar refractivity (Wildman–Crippen MR) is 86.3 cm³/mol. The van der Waals surface area contributed by atoms with E-state index in [0.29, 0.717) is 24.2 Å². The van der Waals surface area contributed by atoms with Crippen LogP contribution in [0.15, 0.2) is 42.5 Å². The first-order valence-corrected chi connectivity index (χ1v) is 7.32. The Morgan fingerprint density at radius 1 is 1.08 bits per heavy atom. The molecule has 1 aliphatic rings. The first-order chi connectivity index (χ1) is 11.5. The minimum absolute atomic E-state index is 0.0486. The van der Waals surface area contributed by atoms with Crippen LogP contribution in [0.1, 0.15) is 22.3 Å². The lowest BCUT2D eigenvalue weighted by Gasteiger charge is -2.20. The largest absolute Gasteiger partial charge is 0.326 e. The number of fused-ring (bicyclic) bond motifs is 1. The number of carbonyl (C=O) groups excluding carboxylic acids is 3. The molecule has 0 atom stereocenters. The summed E-state index contributed by atoms with van der Waals surface area (Å²) in [6, 6.07) is 9.44. The molecule has 0 radical (unpaired) electrons. The molecule has 0 saturated heterocycles. The molecule has 2 aromatic rings. The maximum absolute atomic E-state index is 13.1. The molecule has 0 saturated carbocycles. The van der Waals surface area contributed by atoms with Gasteiger partial charge in [-0.3, -0.25) is 14.9 Å². The molecule has 7 heteroatoms. The van der Waals surface area contributed by atoms with E-state index in [9.17, 15) is 18.8 Å². The Balaban J connectivity index is 1.71. The molecule has 6 nitrogen and oxygen atoms in total. The van der Waals surface area contributed by atoms with Gasteiger partial charge in [-0.1, -0.05) is 12.1 Å². The molecule has 3 N–H and O–H groups in total. The van der Waals surface area contributed by atoms with Gasteiger partial charge >= 0.3 is 6.03 Å². The minimum Gasteiger partial charge on any atom is -0.326 e. The molecule has 4 amide bonds. The van der Waals surface area contributed by atoms with Crippen molar-refractivity contribution in [1.82, 2.24) is 5.32 Å². The van der Waals surface area contributed by atoms with Gasteiger partial charge in [0.25, 0.3) is 5.91 Å². The van der Waals surface area contributed by atoms with Crippen molar-refractivity contribution in [2.24, 2.45) is 0 Å². The van der Waals surface area contributed by atoms with Gasteiger partial charge in [-0.25, -0.2) is 9.18 Å². The molecule has 0 spiro atoms. The number of amides is 4. The van der Waals surface area contributed by atoms with Crippen molar-refractivity contribution < 1.29 is 18.8 Å². The van der Waals surface area contributed by atoms with E-state index < -0.39 is 17.8 Å². The third-order valence-electron chi connectivity index (χ3n) is 3.61. The van der Waals surface area contributed by atoms with E-state index >= 15 is 0 Å². The maximum Gasteiger partial charge on any atom is 0.326 e. The van der Waals surface area contributed by atoms with E-state index in [0.717, 1.165) is 11.6 Å². The summed E-state index contributed by atoms with van der Waals surface area (Å²) in [7, 11) is 0. The van der Waals surface area contributed by atoms with Crippen molar-refractivity contribution in [3.05, 3.63) is 59.4 Å². The van der Waals surface area contributed by atoms with E-state index in [1.807, 2.05) is 0 Å². The lowest BCUT2D eigenvalue weighted by atomic mass is 10.0. The average Bonchev–Trinajstić information content (AvgIpc) is 2.54. The summed E-state index contributed by atoms with van der Waals surface area (Å²) in [6.45, 7) is 0. The van der Waals surface area contributed by atoms with Crippen molar-refractivity contribution in [1.29, 1.82) is 0 Å². The number of imide groups is 1. The number of anilines is 2. The van der Waals surface area contributed by atoms with Crippen molar-refractivity contribution in [3.8, 4) is 0 Å². The summed E-state index contributed by atoms with van der Waals surface area (Å²) in [4.78, 5) is 35.3. The first kappa shape index (κ1) is 15.7. The zero-order chi connectivity index (χ0) is 17.1. The van der Waals surface area contributed by atoms with Crippen LogP contribution >= 0.6 is 0 Å². The molecule has 0 fully saturated rings. The van der Waals surface area contributed by atoms with Gasteiger partial charge in [-0.05, 0) is 42.3 Å². The normalized spacial score (nSPS) is 12.8. The quantitative estimate of drug-likeness (QED) is 0.792. The van der Waals surface area contributed by atoms with E-state index in [2.05, 4.69) is 16.0 Å². The molecular weight excluding hydrogens is 313 g/mol. The summed E-state index contributed by atoms with van der Waals surface area (Å²) < 4.78 is 13.1. The highest BCUT2D eigenvalue weighted by atomic mass is 19.1. The van der Waals surface area contributed by atoms with Crippen molar-refractivity contribution in [2.45, 2.75) is 12.8 Å². The highest BCUT2D eigenvalue weighted by Gasteiger charge is 2.19. The van der Waals surface area contributed by atoms with Crippen LogP contribution < -0.4 is 16.0 Å². The topological polar surface area (TPSA) is 87.3 Å². The van der Waals surface area contributed by atoms with Gasteiger partial charge in [0.15, 0.2) is 0 Å². The van der Waals surface area contributed by atoms with Gasteiger partial charge in [0.05, 0.1) is 0 Å². The van der Waals surface area contributed by atoms with Crippen LogP contribution in [0.5, 0.6) is 0 Å². The average molecular weight is 327 g/mol. The van der Waals surface area contributed by atoms with Gasteiger partial charge in [0, 0.05) is 23.4 Å². The Labute approximate surface area is 137 Å². The van der Waals surface area contributed by atoms with E-state index in [1.54, 1.807) is 18.2 Å². The third kappa shape index (κ3) is 3.40. The minimum atomic E-state index is -0.727. The standard InChI is InChI=1S/C17H14FN3O3/c18-11-4-1-3-10(9-11)16(23)21-17(24)20-14-6-2-5-13-12(14)7-8-15(22)19-13/h1-6,9H,7-8H2,(H,19,22)(H2,20,21,23,24). The number of urea groups is 1. The zero-order valence-electron chi connectivity index (χ0n) is 12.6. The SMILES string of the molecule is O=C1CCc2c(cccc2NC(=O)NC(=O)c2cccc(F)c2)N1. The molecule has 2 aromatic carbocycles. The number of hydrogen-bond acceptors (Lipinski definition) is 3. The van der Waals surface area contributed by atoms with Crippen molar-refractivity contribution in [2.75, 3.05) is 10.6 Å². The number of hydrogen-bond donors (Lipinski definition) is 3. The van der Waals surface area contributed by atoms with Crippen LogP contribution in [0.25, 0.3) is 0 Å². The molecule has 1 heterocycles. The van der Waals surface area contributed by atoms with Crippen LogP contribution in [0.4, 0.5) is 20.6 Å². The molecule has 0 aliphatic carbocycles. The Hall–Kier alpha value is -3.22. The highest BCUT2D eigenvalue weighted by molar-refractivity contribution is 6.08. The number of halogens is 1. The number of nitrogens with one attached hydrogen (secondary N) is 3. The molecular formula is C17H14FN3O3. The number of benzene rings is 2. The summed E-state index contributed by atoms with van der Waals surface area (Å²) >= 11 is 0. The molecule has 0 bridgehead atoms.